The van der Waals surface area contributed by atoms with Crippen LogP contribution in [0.4, 0.5) is 10.1 Å². The Balaban J connectivity index is 1.64. The summed E-state index contributed by atoms with van der Waals surface area (Å²) in [6.45, 7) is 1.47. The van der Waals surface area contributed by atoms with Gasteiger partial charge in [0.05, 0.1) is 0 Å². The molecule has 6 heteroatoms. The number of anilines is 1. The van der Waals surface area contributed by atoms with Crippen molar-refractivity contribution in [3.8, 4) is 5.75 Å². The summed E-state index contributed by atoms with van der Waals surface area (Å²) in [6, 6.07) is 11.1. The third kappa shape index (κ3) is 3.06. The van der Waals surface area contributed by atoms with Gasteiger partial charge in [-0.1, -0.05) is 12.1 Å². The second-order valence-corrected chi connectivity index (χ2v) is 4.68. The van der Waals surface area contributed by atoms with Gasteiger partial charge in [-0.15, -0.1) is 0 Å². The minimum Gasteiger partial charge on any atom is -0.481 e. The minimum atomic E-state index is -0.505. The number of halogens is 1. The Morgan fingerprint density at radius 1 is 1.32 bits per heavy atom. The normalized spacial score (nSPS) is 10.6. The van der Waals surface area contributed by atoms with Gasteiger partial charge in [0, 0.05) is 12.6 Å². The number of carbonyl (C=O) groups excluding carboxylic acids is 1. The fraction of sp³-hybridized carbons (Fsp3) is 0.125. The van der Waals surface area contributed by atoms with Gasteiger partial charge in [-0.3, -0.25) is 4.79 Å². The molecule has 0 unspecified atom stereocenters. The van der Waals surface area contributed by atoms with Crippen LogP contribution in [0, 0.1) is 12.7 Å². The Hall–Kier alpha value is -2.89. The number of ether oxygens (including phenoxy) is 1. The molecule has 0 aliphatic rings. The molecule has 0 atom stereocenters. The molecule has 1 heterocycles. The third-order valence-electron chi connectivity index (χ3n) is 2.97. The van der Waals surface area contributed by atoms with Crippen LogP contribution in [0.15, 0.2) is 46.9 Å². The number of hydrogen-bond donors (Lipinski definition) is 1. The molecule has 112 valence electrons. The molecule has 5 nitrogen and oxygen atoms in total. The molecule has 1 N–H and O–H groups in total. The molecule has 3 rings (SSSR count). The van der Waals surface area contributed by atoms with Crippen LogP contribution in [0.2, 0.25) is 0 Å². The average Bonchev–Trinajstić information content (AvgIpc) is 2.86. The van der Waals surface area contributed by atoms with Crippen molar-refractivity contribution in [1.82, 2.24) is 4.98 Å². The first-order valence-electron chi connectivity index (χ1n) is 6.66. The lowest BCUT2D eigenvalue weighted by molar-refractivity contribution is -0.118. The maximum Gasteiger partial charge on any atom is 0.262 e. The predicted octanol–water partition coefficient (Wildman–Crippen LogP) is 3.29. The van der Waals surface area contributed by atoms with Gasteiger partial charge >= 0.3 is 0 Å². The number of aromatic nitrogens is 1. The van der Waals surface area contributed by atoms with Crippen molar-refractivity contribution in [2.24, 2.45) is 0 Å². The number of rotatable bonds is 4. The number of nitrogens with one attached hydrogen (secondary N) is 1. The standard InChI is InChI=1S/C16H13FN2O3/c1-10-18-13-8-11(6-7-15(13)22-10)19-16(20)9-21-14-5-3-2-4-12(14)17/h2-8H,9H2,1H3,(H,19,20). The van der Waals surface area contributed by atoms with E-state index in [1.54, 1.807) is 37.3 Å². The Morgan fingerprint density at radius 2 is 2.14 bits per heavy atom. The summed E-state index contributed by atoms with van der Waals surface area (Å²) in [6.07, 6.45) is 0. The zero-order chi connectivity index (χ0) is 15.5. The first kappa shape index (κ1) is 14.1. The highest BCUT2D eigenvalue weighted by Crippen LogP contribution is 2.20. The molecule has 0 fully saturated rings. The van der Waals surface area contributed by atoms with Crippen LogP contribution in [-0.4, -0.2) is 17.5 Å². The monoisotopic (exact) mass is 300 g/mol. The van der Waals surface area contributed by atoms with Crippen LogP contribution in [0.3, 0.4) is 0 Å². The molecule has 0 spiro atoms. The average molecular weight is 300 g/mol. The van der Waals surface area contributed by atoms with Crippen molar-refractivity contribution in [2.75, 3.05) is 11.9 Å². The van der Waals surface area contributed by atoms with E-state index in [2.05, 4.69) is 10.3 Å². The SMILES string of the molecule is Cc1nc2cc(NC(=O)COc3ccccc3F)ccc2o1. The minimum absolute atomic E-state index is 0.0419. The Bertz CT molecular complexity index is 829. The molecule has 1 aromatic heterocycles. The van der Waals surface area contributed by atoms with E-state index < -0.39 is 5.82 Å². The number of nitrogens with zero attached hydrogens (tertiary/aromatic N) is 1. The zero-order valence-corrected chi connectivity index (χ0v) is 11.8. The lowest BCUT2D eigenvalue weighted by Gasteiger charge is -2.08. The molecule has 0 bridgehead atoms. The van der Waals surface area contributed by atoms with Crippen molar-refractivity contribution in [3.63, 3.8) is 0 Å². The maximum absolute atomic E-state index is 13.4. The fourth-order valence-electron chi connectivity index (χ4n) is 2.02. The van der Waals surface area contributed by atoms with Crippen LogP contribution < -0.4 is 10.1 Å². The number of para-hydroxylation sites is 1. The molecule has 1 amide bonds. The summed E-state index contributed by atoms with van der Waals surface area (Å²) in [5, 5.41) is 2.66. The van der Waals surface area contributed by atoms with Gasteiger partial charge in [0.2, 0.25) is 0 Å². The number of oxazole rings is 1. The second-order valence-electron chi connectivity index (χ2n) is 4.68. The number of hydrogen-bond acceptors (Lipinski definition) is 4. The van der Waals surface area contributed by atoms with Crippen LogP contribution in [0.5, 0.6) is 5.75 Å². The van der Waals surface area contributed by atoms with E-state index in [9.17, 15) is 9.18 Å². The largest absolute Gasteiger partial charge is 0.481 e. The van der Waals surface area contributed by atoms with Crippen molar-refractivity contribution in [3.05, 3.63) is 54.2 Å². The summed E-state index contributed by atoms with van der Waals surface area (Å²) >= 11 is 0. The van der Waals surface area contributed by atoms with Crippen molar-refractivity contribution in [1.29, 1.82) is 0 Å². The van der Waals surface area contributed by atoms with Crippen LogP contribution in [-0.2, 0) is 4.79 Å². The highest BCUT2D eigenvalue weighted by Gasteiger charge is 2.08. The van der Waals surface area contributed by atoms with E-state index in [1.165, 1.54) is 12.1 Å². The first-order valence-corrected chi connectivity index (χ1v) is 6.66. The first-order chi connectivity index (χ1) is 10.6. The Kier molecular flexibility index (Phi) is 3.74. The summed E-state index contributed by atoms with van der Waals surface area (Å²) in [7, 11) is 0. The number of aryl methyl sites for hydroxylation is 1. The molecule has 0 radical (unpaired) electrons. The molecule has 0 saturated carbocycles. The molecule has 22 heavy (non-hydrogen) atoms. The molecule has 3 aromatic rings. The van der Waals surface area contributed by atoms with Crippen LogP contribution in [0.25, 0.3) is 11.1 Å². The summed E-state index contributed by atoms with van der Waals surface area (Å²) in [5.41, 5.74) is 1.88. The van der Waals surface area contributed by atoms with E-state index in [4.69, 9.17) is 9.15 Å². The van der Waals surface area contributed by atoms with Crippen molar-refractivity contribution < 1.29 is 18.3 Å². The number of carbonyl (C=O) groups is 1. The van der Waals surface area contributed by atoms with Gasteiger partial charge in [0.25, 0.3) is 5.91 Å². The van der Waals surface area contributed by atoms with Gasteiger partial charge < -0.3 is 14.5 Å². The van der Waals surface area contributed by atoms with Gasteiger partial charge in [-0.25, -0.2) is 9.37 Å². The molecule has 2 aromatic carbocycles. The van der Waals surface area contributed by atoms with Gasteiger partial charge in [-0.2, -0.15) is 0 Å². The quantitative estimate of drug-likeness (QED) is 0.803. The lowest BCUT2D eigenvalue weighted by atomic mass is 10.3. The maximum atomic E-state index is 13.4. The molecule has 0 saturated heterocycles. The van der Waals surface area contributed by atoms with E-state index in [0.29, 0.717) is 22.7 Å². The van der Waals surface area contributed by atoms with E-state index in [0.717, 1.165) is 0 Å². The van der Waals surface area contributed by atoms with E-state index in [-0.39, 0.29) is 18.3 Å². The third-order valence-corrected chi connectivity index (χ3v) is 2.97. The highest BCUT2D eigenvalue weighted by atomic mass is 19.1. The second kappa shape index (κ2) is 5.85. The summed E-state index contributed by atoms with van der Waals surface area (Å²) in [4.78, 5) is 16.0. The lowest BCUT2D eigenvalue weighted by Crippen LogP contribution is -2.20. The van der Waals surface area contributed by atoms with Crippen molar-refractivity contribution >= 4 is 22.7 Å². The molecular formula is C16H13FN2O3. The van der Waals surface area contributed by atoms with Crippen LogP contribution in [0.1, 0.15) is 5.89 Å². The van der Waals surface area contributed by atoms with Gasteiger partial charge in [0.15, 0.2) is 29.6 Å². The van der Waals surface area contributed by atoms with E-state index in [1.807, 2.05) is 0 Å². The fourth-order valence-corrected chi connectivity index (χ4v) is 2.02. The smallest absolute Gasteiger partial charge is 0.262 e. The number of benzene rings is 2. The summed E-state index contributed by atoms with van der Waals surface area (Å²) in [5.74, 6) is -0.292. The number of amides is 1. The topological polar surface area (TPSA) is 64.4 Å². The molecular weight excluding hydrogens is 287 g/mol. The summed E-state index contributed by atoms with van der Waals surface area (Å²) < 4.78 is 23.9. The van der Waals surface area contributed by atoms with Crippen molar-refractivity contribution in [2.45, 2.75) is 6.92 Å². The Morgan fingerprint density at radius 3 is 2.95 bits per heavy atom. The predicted molar refractivity (Wildman–Crippen MR) is 79.3 cm³/mol. The van der Waals surface area contributed by atoms with E-state index >= 15 is 0 Å². The van der Waals surface area contributed by atoms with Crippen LogP contribution >= 0.6 is 0 Å². The van der Waals surface area contributed by atoms with Gasteiger partial charge in [-0.05, 0) is 30.3 Å². The molecule has 0 aliphatic carbocycles. The van der Waals surface area contributed by atoms with Gasteiger partial charge in [0.1, 0.15) is 5.52 Å². The number of fused-ring (bicyclic) bond motifs is 1. The zero-order valence-electron chi connectivity index (χ0n) is 11.8. The highest BCUT2D eigenvalue weighted by molar-refractivity contribution is 5.93. The molecule has 0 aliphatic heterocycles. The Labute approximate surface area is 125 Å².